The average Bonchev–Trinajstić information content (AvgIpc) is 1.81. The summed E-state index contributed by atoms with van der Waals surface area (Å²) in [6, 6.07) is 0. The number of nitrogens with zero attached hydrogens (tertiary/aromatic N) is 3. The molecule has 42 valence electrons. The second-order valence-electron chi connectivity index (χ2n) is 1.15. The summed E-state index contributed by atoms with van der Waals surface area (Å²) in [5.74, 6) is 0. The van der Waals surface area contributed by atoms with Crippen molar-refractivity contribution in [1.29, 1.82) is 0 Å². The minimum Gasteiger partial charge on any atom is -0.133 e. The van der Waals surface area contributed by atoms with Crippen LogP contribution in [0.1, 0.15) is 6.42 Å². The van der Waals surface area contributed by atoms with Crippen LogP contribution in [0.3, 0.4) is 0 Å². The second-order valence-corrected chi connectivity index (χ2v) is 1.15. The van der Waals surface area contributed by atoms with Crippen LogP contribution in [0.4, 0.5) is 0 Å². The molecule has 0 aliphatic carbocycles. The molecule has 0 aliphatic rings. The minimum atomic E-state index is 0.499. The van der Waals surface area contributed by atoms with E-state index in [1.165, 1.54) is 0 Å². The first-order valence-electron chi connectivity index (χ1n) is 2.27. The molecule has 0 unspecified atom stereocenters. The number of azide groups is 1. The molecule has 0 saturated heterocycles. The maximum atomic E-state index is 7.77. The molecule has 0 atom stereocenters. The lowest BCUT2D eigenvalue weighted by molar-refractivity contribution is 0.994. The summed E-state index contributed by atoms with van der Waals surface area (Å²) in [5.41, 5.74) is 10.3. The van der Waals surface area contributed by atoms with Gasteiger partial charge < -0.3 is 0 Å². The molecule has 0 aromatic heterocycles. The van der Waals surface area contributed by atoms with Gasteiger partial charge in [0.05, 0.1) is 0 Å². The Morgan fingerprint density at radius 2 is 2.62 bits per heavy atom. The molecule has 0 amide bonds. The molecule has 0 fully saturated rings. The van der Waals surface area contributed by atoms with Crippen molar-refractivity contribution in [3.63, 3.8) is 0 Å². The lowest BCUT2D eigenvalue weighted by Gasteiger charge is -1.75. The molecule has 0 aromatic rings. The van der Waals surface area contributed by atoms with E-state index in [0.29, 0.717) is 6.54 Å². The molecule has 0 heterocycles. The molecule has 8 heavy (non-hydrogen) atoms. The first kappa shape index (κ1) is 6.83. The molecule has 3 heteroatoms. The van der Waals surface area contributed by atoms with Gasteiger partial charge in [-0.1, -0.05) is 11.7 Å². The van der Waals surface area contributed by atoms with Crippen LogP contribution in [0.15, 0.2) is 23.5 Å². The van der Waals surface area contributed by atoms with Crippen LogP contribution in [0.5, 0.6) is 0 Å². The molecule has 0 aromatic carbocycles. The third kappa shape index (κ3) is 4.83. The van der Waals surface area contributed by atoms with E-state index < -0.39 is 0 Å². The maximum Gasteiger partial charge on any atom is 0.0298 e. The number of hydrogen-bond donors (Lipinski definition) is 0. The highest BCUT2D eigenvalue weighted by atomic mass is 15.1. The molecule has 0 radical (unpaired) electrons. The van der Waals surface area contributed by atoms with E-state index in [1.807, 2.05) is 0 Å². The van der Waals surface area contributed by atoms with Crippen molar-refractivity contribution >= 4 is 0 Å². The van der Waals surface area contributed by atoms with Crippen molar-refractivity contribution in [2.24, 2.45) is 5.11 Å². The van der Waals surface area contributed by atoms with Crippen LogP contribution in [0.25, 0.3) is 10.4 Å². The maximum absolute atomic E-state index is 7.77. The normalized spacial score (nSPS) is 6.50. The van der Waals surface area contributed by atoms with Crippen LogP contribution in [-0.4, -0.2) is 6.54 Å². The predicted octanol–water partition coefficient (Wildman–Crippen LogP) is 2.03. The van der Waals surface area contributed by atoms with Crippen LogP contribution < -0.4 is 0 Å². The first-order valence-corrected chi connectivity index (χ1v) is 2.27. The standard InChI is InChI=1S/C5H7N3/c1-2-3-4-5-7-8-6/h3H,1,4-5H2. The SMILES string of the molecule is C=C=CCCN=[N+]=[N-]. The summed E-state index contributed by atoms with van der Waals surface area (Å²) in [5, 5.41) is 3.29. The monoisotopic (exact) mass is 109 g/mol. The largest absolute Gasteiger partial charge is 0.133 e. The highest BCUT2D eigenvalue weighted by Crippen LogP contribution is 1.80. The van der Waals surface area contributed by atoms with Crippen molar-refractivity contribution in [3.8, 4) is 0 Å². The molecule has 3 nitrogen and oxygen atoms in total. The van der Waals surface area contributed by atoms with Gasteiger partial charge >= 0.3 is 0 Å². The molecule has 0 N–H and O–H groups in total. The molecule has 0 saturated carbocycles. The second kappa shape index (κ2) is 5.83. The van der Waals surface area contributed by atoms with E-state index in [1.54, 1.807) is 6.08 Å². The predicted molar refractivity (Wildman–Crippen MR) is 32.3 cm³/mol. The van der Waals surface area contributed by atoms with Crippen LogP contribution in [0.2, 0.25) is 0 Å². The summed E-state index contributed by atoms with van der Waals surface area (Å²) in [6.07, 6.45) is 2.46. The van der Waals surface area contributed by atoms with E-state index in [9.17, 15) is 0 Å². The van der Waals surface area contributed by atoms with Crippen LogP contribution >= 0.6 is 0 Å². The van der Waals surface area contributed by atoms with Gasteiger partial charge in [-0.3, -0.25) is 0 Å². The summed E-state index contributed by atoms with van der Waals surface area (Å²) in [4.78, 5) is 2.56. The van der Waals surface area contributed by atoms with Gasteiger partial charge in [-0.2, -0.15) is 0 Å². The van der Waals surface area contributed by atoms with Crippen molar-refractivity contribution in [1.82, 2.24) is 0 Å². The lowest BCUT2D eigenvalue weighted by atomic mass is 10.4. The van der Waals surface area contributed by atoms with Gasteiger partial charge in [-0.05, 0) is 18.0 Å². The van der Waals surface area contributed by atoms with Crippen molar-refractivity contribution in [3.05, 3.63) is 28.8 Å². The number of rotatable bonds is 3. The fourth-order valence-electron chi connectivity index (χ4n) is 0.269. The summed E-state index contributed by atoms with van der Waals surface area (Å²) in [6.45, 7) is 3.84. The Morgan fingerprint density at radius 3 is 3.12 bits per heavy atom. The Hall–Kier alpha value is -1.17. The Labute approximate surface area is 48.0 Å². The third-order valence-electron chi connectivity index (χ3n) is 0.581. The smallest absolute Gasteiger partial charge is 0.0298 e. The van der Waals surface area contributed by atoms with Crippen molar-refractivity contribution in [2.75, 3.05) is 6.54 Å². The zero-order valence-electron chi connectivity index (χ0n) is 4.54. The molecule has 0 rings (SSSR count). The Kier molecular flexibility index (Phi) is 4.98. The van der Waals surface area contributed by atoms with Crippen LogP contribution in [0, 0.1) is 0 Å². The fourth-order valence-corrected chi connectivity index (χ4v) is 0.269. The Bertz CT molecular complexity index is 120. The van der Waals surface area contributed by atoms with Gasteiger partial charge in [-0.15, -0.1) is 5.73 Å². The fraction of sp³-hybridized carbons (Fsp3) is 0.400. The lowest BCUT2D eigenvalue weighted by Crippen LogP contribution is -1.69. The van der Waals surface area contributed by atoms with Crippen molar-refractivity contribution in [2.45, 2.75) is 6.42 Å². The minimum absolute atomic E-state index is 0.499. The van der Waals surface area contributed by atoms with Gasteiger partial charge in [0.25, 0.3) is 0 Å². The Balaban J connectivity index is 3.18. The molecular formula is C5H7N3. The number of hydrogen-bond acceptors (Lipinski definition) is 1. The topological polar surface area (TPSA) is 48.8 Å². The van der Waals surface area contributed by atoms with Gasteiger partial charge in [0.15, 0.2) is 0 Å². The molecular weight excluding hydrogens is 102 g/mol. The van der Waals surface area contributed by atoms with E-state index in [-0.39, 0.29) is 0 Å². The summed E-state index contributed by atoms with van der Waals surface area (Å²) >= 11 is 0. The van der Waals surface area contributed by atoms with Gasteiger partial charge in [0, 0.05) is 11.5 Å². The van der Waals surface area contributed by atoms with E-state index in [0.717, 1.165) is 6.42 Å². The van der Waals surface area contributed by atoms with Gasteiger partial charge in [0.1, 0.15) is 0 Å². The van der Waals surface area contributed by atoms with Gasteiger partial charge in [-0.25, -0.2) is 0 Å². The quantitative estimate of drug-likeness (QED) is 0.175. The Morgan fingerprint density at radius 1 is 1.88 bits per heavy atom. The van der Waals surface area contributed by atoms with E-state index in [4.69, 9.17) is 5.53 Å². The van der Waals surface area contributed by atoms with E-state index >= 15 is 0 Å². The average molecular weight is 109 g/mol. The highest BCUT2D eigenvalue weighted by Gasteiger charge is 1.71. The van der Waals surface area contributed by atoms with Crippen molar-refractivity contribution < 1.29 is 0 Å². The summed E-state index contributed by atoms with van der Waals surface area (Å²) < 4.78 is 0. The van der Waals surface area contributed by atoms with Gasteiger partial charge in [0.2, 0.25) is 0 Å². The van der Waals surface area contributed by atoms with E-state index in [2.05, 4.69) is 22.3 Å². The third-order valence-corrected chi connectivity index (χ3v) is 0.581. The van der Waals surface area contributed by atoms with Crippen LogP contribution in [-0.2, 0) is 0 Å². The first-order chi connectivity index (χ1) is 3.91. The molecule has 0 spiro atoms. The molecule has 0 aliphatic heterocycles. The highest BCUT2D eigenvalue weighted by molar-refractivity contribution is 4.75. The zero-order chi connectivity index (χ0) is 6.24. The molecule has 0 bridgehead atoms. The zero-order valence-corrected chi connectivity index (χ0v) is 4.54. The summed E-state index contributed by atoms with van der Waals surface area (Å²) in [7, 11) is 0.